The van der Waals surface area contributed by atoms with Crippen molar-refractivity contribution in [1.82, 2.24) is 29.1 Å². The summed E-state index contributed by atoms with van der Waals surface area (Å²) in [5, 5.41) is 31.4. The number of phenols is 1. The minimum absolute atomic E-state index is 0.0210. The predicted octanol–water partition coefficient (Wildman–Crippen LogP) is 6.55. The Hall–Kier alpha value is -4.33. The van der Waals surface area contributed by atoms with Crippen LogP contribution in [0.3, 0.4) is 0 Å². The molecular weight excluding hydrogens is 664 g/mol. The molecule has 0 spiro atoms. The fourth-order valence-electron chi connectivity index (χ4n) is 6.90. The number of aliphatic hydroxyl groups is 1. The Morgan fingerprint density at radius 3 is 2.76 bits per heavy atom. The molecule has 7 rings (SSSR count). The minimum atomic E-state index is -0.491. The van der Waals surface area contributed by atoms with Gasteiger partial charge in [-0.15, -0.1) is 23.5 Å². The van der Waals surface area contributed by atoms with Crippen LogP contribution in [0.1, 0.15) is 51.7 Å². The molecule has 0 unspecified atom stereocenters. The van der Waals surface area contributed by atoms with Crippen LogP contribution in [0.4, 0.5) is 4.39 Å². The Balaban J connectivity index is 1.14. The smallest absolute Gasteiger partial charge is 0.354 e. The Kier molecular flexibility index (Phi) is 9.40. The number of pyridine rings is 1. The van der Waals surface area contributed by atoms with Crippen LogP contribution >= 0.6 is 23.5 Å². The van der Waals surface area contributed by atoms with Gasteiger partial charge in [-0.25, -0.2) is 9.18 Å². The first-order valence-electron chi connectivity index (χ1n) is 16.2. The lowest BCUT2D eigenvalue weighted by Crippen LogP contribution is -2.10. The summed E-state index contributed by atoms with van der Waals surface area (Å²) >= 11 is 3.31. The molecule has 0 saturated heterocycles. The van der Waals surface area contributed by atoms with E-state index in [0.29, 0.717) is 52.4 Å². The number of aliphatic hydroxyl groups excluding tert-OH is 1. The average molecular weight is 701 g/mol. The van der Waals surface area contributed by atoms with Gasteiger partial charge in [0.25, 0.3) is 0 Å². The SMILES string of the molecule is COC(=O)c1c(CCCO)c2ccc(F)c(-c3c(CSCc4cc(CSc5cc(O)c6ncccc6c5)n(C)n4)nn4c3CCC4)c2n1C. The summed E-state index contributed by atoms with van der Waals surface area (Å²) in [4.78, 5) is 18.2. The van der Waals surface area contributed by atoms with Gasteiger partial charge in [-0.05, 0) is 67.6 Å². The molecule has 49 heavy (non-hydrogen) atoms. The van der Waals surface area contributed by atoms with E-state index in [2.05, 4.69) is 11.1 Å². The summed E-state index contributed by atoms with van der Waals surface area (Å²) in [7, 11) is 5.05. The van der Waals surface area contributed by atoms with Crippen LogP contribution in [0.2, 0.25) is 0 Å². The molecule has 254 valence electrons. The number of aryl methyl sites for hydroxylation is 4. The molecule has 13 heteroatoms. The minimum Gasteiger partial charge on any atom is -0.506 e. The lowest BCUT2D eigenvalue weighted by atomic mass is 9.97. The molecule has 0 bridgehead atoms. The van der Waals surface area contributed by atoms with E-state index < -0.39 is 5.97 Å². The molecule has 10 nitrogen and oxygen atoms in total. The number of ether oxygens (including phenoxy) is 1. The standard InChI is InChI=1S/C36H37FN6O4S2/c1-41-34-26(25(8-6-14-44)35(41)36(46)47-3)10-11-27(37)31(34)32-28(40-43-13-5-9-29(32)43)20-48-18-22-16-23(42(2)39-22)19-49-24-15-21-7-4-12-38-33(21)30(45)17-24/h4,7,10-12,15-17,44-45H,5-6,8-9,13-14,18-20H2,1-3H3. The second-order valence-corrected chi connectivity index (χ2v) is 14.2. The number of rotatable bonds is 12. The highest BCUT2D eigenvalue weighted by atomic mass is 32.2. The molecule has 0 fully saturated rings. The molecule has 6 aromatic rings. The van der Waals surface area contributed by atoms with Gasteiger partial charge in [0.15, 0.2) is 0 Å². The summed E-state index contributed by atoms with van der Waals surface area (Å²) in [5.74, 6) is 1.20. The Morgan fingerprint density at radius 1 is 1.08 bits per heavy atom. The van der Waals surface area contributed by atoms with Gasteiger partial charge in [0.1, 0.15) is 22.8 Å². The summed E-state index contributed by atoms with van der Waals surface area (Å²) in [6.45, 7) is 0.756. The van der Waals surface area contributed by atoms with E-state index in [-0.39, 0.29) is 18.2 Å². The van der Waals surface area contributed by atoms with Gasteiger partial charge in [0.05, 0.1) is 24.0 Å². The van der Waals surface area contributed by atoms with E-state index in [4.69, 9.17) is 14.9 Å². The molecule has 0 radical (unpaired) electrons. The Bertz CT molecular complexity index is 2210. The van der Waals surface area contributed by atoms with Crippen LogP contribution in [0.15, 0.2) is 53.6 Å². The van der Waals surface area contributed by atoms with E-state index in [0.717, 1.165) is 69.0 Å². The third-order valence-electron chi connectivity index (χ3n) is 9.10. The number of aromatic hydroxyl groups is 1. The van der Waals surface area contributed by atoms with Crippen molar-refractivity contribution in [2.75, 3.05) is 13.7 Å². The normalized spacial score (nSPS) is 12.8. The Labute approximate surface area is 291 Å². The fourth-order valence-corrected chi connectivity index (χ4v) is 8.73. The lowest BCUT2D eigenvalue weighted by Gasteiger charge is -2.11. The number of nitrogens with zero attached hydrogens (tertiary/aromatic N) is 6. The molecule has 0 amide bonds. The second-order valence-electron chi connectivity index (χ2n) is 12.2. The highest BCUT2D eigenvalue weighted by Crippen LogP contribution is 2.42. The Morgan fingerprint density at radius 2 is 1.94 bits per heavy atom. The zero-order valence-electron chi connectivity index (χ0n) is 27.6. The van der Waals surface area contributed by atoms with Crippen molar-refractivity contribution in [3.8, 4) is 16.9 Å². The van der Waals surface area contributed by atoms with Crippen molar-refractivity contribution in [3.63, 3.8) is 0 Å². The van der Waals surface area contributed by atoms with Crippen molar-refractivity contribution in [2.24, 2.45) is 14.1 Å². The first-order valence-corrected chi connectivity index (χ1v) is 18.3. The number of aromatic nitrogens is 6. The van der Waals surface area contributed by atoms with Gasteiger partial charge < -0.3 is 19.5 Å². The number of carbonyl (C=O) groups excluding carboxylic acids is 1. The molecule has 1 aliphatic rings. The molecular formula is C36H37FN6O4S2. The maximum atomic E-state index is 16.1. The predicted molar refractivity (Wildman–Crippen MR) is 190 cm³/mol. The number of methoxy groups -OCH3 is 1. The number of phenolic OH excluding ortho intramolecular Hbond substituents is 1. The first kappa shape index (κ1) is 33.2. The largest absolute Gasteiger partial charge is 0.506 e. The van der Waals surface area contributed by atoms with E-state index >= 15 is 4.39 Å². The number of carbonyl (C=O) groups is 1. The maximum absolute atomic E-state index is 16.1. The lowest BCUT2D eigenvalue weighted by molar-refractivity contribution is 0.0589. The van der Waals surface area contributed by atoms with E-state index in [1.807, 2.05) is 34.6 Å². The monoisotopic (exact) mass is 700 g/mol. The van der Waals surface area contributed by atoms with Crippen LogP contribution in [0.25, 0.3) is 32.9 Å². The molecule has 0 aliphatic carbocycles. The summed E-state index contributed by atoms with van der Waals surface area (Å²) < 4.78 is 26.8. The summed E-state index contributed by atoms with van der Waals surface area (Å²) in [6.07, 6.45) is 4.34. The third-order valence-corrected chi connectivity index (χ3v) is 11.1. The van der Waals surface area contributed by atoms with Crippen molar-refractivity contribution >= 4 is 51.3 Å². The van der Waals surface area contributed by atoms with Crippen LogP contribution in [-0.2, 0) is 55.5 Å². The quantitative estimate of drug-likeness (QED) is 0.108. The van der Waals surface area contributed by atoms with Gasteiger partial charge in [-0.2, -0.15) is 10.2 Å². The number of thioether (sulfide) groups is 2. The molecule has 5 heterocycles. The van der Waals surface area contributed by atoms with Crippen LogP contribution in [0.5, 0.6) is 5.75 Å². The molecule has 1 aliphatic heterocycles. The van der Waals surface area contributed by atoms with Crippen molar-refractivity contribution in [1.29, 1.82) is 0 Å². The molecule has 4 aromatic heterocycles. The fraction of sp³-hybridized carbons (Fsp3) is 0.333. The second kappa shape index (κ2) is 13.9. The molecule has 0 atom stereocenters. The number of fused-ring (bicyclic) bond motifs is 3. The third kappa shape index (κ3) is 6.19. The van der Waals surface area contributed by atoms with Gasteiger partial charge >= 0.3 is 5.97 Å². The van der Waals surface area contributed by atoms with Crippen LogP contribution < -0.4 is 0 Å². The zero-order chi connectivity index (χ0) is 34.2. The topological polar surface area (TPSA) is 120 Å². The van der Waals surface area contributed by atoms with Crippen molar-refractivity contribution in [2.45, 2.75) is 54.4 Å². The van der Waals surface area contributed by atoms with E-state index in [1.165, 1.54) is 13.2 Å². The van der Waals surface area contributed by atoms with E-state index in [9.17, 15) is 15.0 Å². The van der Waals surface area contributed by atoms with Crippen LogP contribution in [0, 0.1) is 5.82 Å². The highest BCUT2D eigenvalue weighted by molar-refractivity contribution is 7.98. The summed E-state index contributed by atoms with van der Waals surface area (Å²) in [5.41, 5.74) is 7.40. The van der Waals surface area contributed by atoms with Gasteiger partial charge in [-0.1, -0.05) is 6.07 Å². The molecule has 2 N–H and O–H groups in total. The number of esters is 1. The number of hydrogen-bond donors (Lipinski definition) is 2. The van der Waals surface area contributed by atoms with Gasteiger partial charge in [0.2, 0.25) is 0 Å². The number of benzene rings is 2. The molecule has 2 aromatic carbocycles. The van der Waals surface area contributed by atoms with Crippen LogP contribution in [-0.4, -0.2) is 59.0 Å². The zero-order valence-corrected chi connectivity index (χ0v) is 29.2. The average Bonchev–Trinajstić information content (AvgIpc) is 3.85. The first-order chi connectivity index (χ1) is 23.8. The van der Waals surface area contributed by atoms with Gasteiger partial charge in [0, 0.05) is 88.9 Å². The van der Waals surface area contributed by atoms with Gasteiger partial charge in [-0.3, -0.25) is 14.3 Å². The number of hydrogen-bond acceptors (Lipinski definition) is 9. The highest BCUT2D eigenvalue weighted by Gasteiger charge is 2.30. The maximum Gasteiger partial charge on any atom is 0.354 e. The summed E-state index contributed by atoms with van der Waals surface area (Å²) in [6, 6.07) is 12.9. The van der Waals surface area contributed by atoms with Crippen molar-refractivity contribution in [3.05, 3.63) is 88.5 Å². The van der Waals surface area contributed by atoms with Crippen molar-refractivity contribution < 1.29 is 24.1 Å². The molecule has 0 saturated carbocycles. The van der Waals surface area contributed by atoms with E-state index in [1.54, 1.807) is 53.5 Å². The number of halogens is 1.